The van der Waals surface area contributed by atoms with Crippen molar-refractivity contribution in [3.05, 3.63) is 35.4 Å². The number of hydrogen-bond acceptors (Lipinski definition) is 3. The molecule has 0 saturated carbocycles. The first-order chi connectivity index (χ1) is 8.50. The molecule has 0 aromatic heterocycles. The highest BCUT2D eigenvalue weighted by atomic mass is 19.1. The third-order valence-electron chi connectivity index (χ3n) is 2.14. The van der Waals surface area contributed by atoms with Gasteiger partial charge in [-0.3, -0.25) is 4.79 Å². The number of hydrogen-bond donors (Lipinski definition) is 0. The van der Waals surface area contributed by atoms with Gasteiger partial charge in [-0.15, -0.1) is 0 Å². The standard InChI is InChI=1S/C13H16F2O3/c1-9(2)18-6-5-17-8-13(16)11-7-10(14)3-4-12(11)15/h3-4,7,9H,5-6,8H2,1-2H3. The molecule has 0 heterocycles. The van der Waals surface area contributed by atoms with Gasteiger partial charge in [-0.25, -0.2) is 8.78 Å². The fourth-order valence-electron chi connectivity index (χ4n) is 1.30. The molecule has 0 bridgehead atoms. The number of ketones is 1. The van der Waals surface area contributed by atoms with Gasteiger partial charge >= 0.3 is 0 Å². The van der Waals surface area contributed by atoms with Crippen molar-refractivity contribution in [2.45, 2.75) is 20.0 Å². The van der Waals surface area contributed by atoms with Crippen molar-refractivity contribution < 1.29 is 23.0 Å². The van der Waals surface area contributed by atoms with Gasteiger partial charge in [0.05, 0.1) is 24.9 Å². The molecule has 0 aliphatic rings. The van der Waals surface area contributed by atoms with Gasteiger partial charge in [0.25, 0.3) is 0 Å². The van der Waals surface area contributed by atoms with Crippen molar-refractivity contribution in [3.8, 4) is 0 Å². The van der Waals surface area contributed by atoms with Gasteiger partial charge in [-0.1, -0.05) is 0 Å². The Bertz CT molecular complexity index is 405. The molecule has 0 saturated heterocycles. The Balaban J connectivity index is 2.39. The molecule has 0 atom stereocenters. The Labute approximate surface area is 105 Å². The van der Waals surface area contributed by atoms with Crippen molar-refractivity contribution in [2.75, 3.05) is 19.8 Å². The van der Waals surface area contributed by atoms with Gasteiger partial charge in [0.15, 0.2) is 5.78 Å². The van der Waals surface area contributed by atoms with E-state index < -0.39 is 17.4 Å². The van der Waals surface area contributed by atoms with E-state index in [1.807, 2.05) is 13.8 Å². The van der Waals surface area contributed by atoms with Crippen LogP contribution in [0, 0.1) is 11.6 Å². The van der Waals surface area contributed by atoms with Crippen LogP contribution in [-0.2, 0) is 9.47 Å². The van der Waals surface area contributed by atoms with E-state index in [1.165, 1.54) is 0 Å². The first-order valence-electron chi connectivity index (χ1n) is 5.68. The second-order valence-electron chi connectivity index (χ2n) is 4.02. The number of carbonyl (C=O) groups is 1. The van der Waals surface area contributed by atoms with Crippen LogP contribution in [0.15, 0.2) is 18.2 Å². The third kappa shape index (κ3) is 4.89. The first-order valence-corrected chi connectivity index (χ1v) is 5.68. The number of ether oxygens (including phenoxy) is 2. The van der Waals surface area contributed by atoms with Gasteiger partial charge in [0.2, 0.25) is 0 Å². The van der Waals surface area contributed by atoms with Gasteiger partial charge in [0.1, 0.15) is 18.2 Å². The second kappa shape index (κ2) is 7.18. The highest BCUT2D eigenvalue weighted by Gasteiger charge is 2.12. The lowest BCUT2D eigenvalue weighted by molar-refractivity contribution is 0.0207. The summed E-state index contributed by atoms with van der Waals surface area (Å²) < 4.78 is 36.3. The largest absolute Gasteiger partial charge is 0.376 e. The summed E-state index contributed by atoms with van der Waals surface area (Å²) in [5, 5.41) is 0. The minimum Gasteiger partial charge on any atom is -0.376 e. The van der Waals surface area contributed by atoms with Crippen molar-refractivity contribution in [2.24, 2.45) is 0 Å². The minimum atomic E-state index is -0.747. The smallest absolute Gasteiger partial charge is 0.191 e. The predicted molar refractivity (Wildman–Crippen MR) is 62.6 cm³/mol. The van der Waals surface area contributed by atoms with Crippen LogP contribution in [0.5, 0.6) is 0 Å². The van der Waals surface area contributed by atoms with E-state index in [0.29, 0.717) is 6.61 Å². The Kier molecular flexibility index (Phi) is 5.88. The lowest BCUT2D eigenvalue weighted by Crippen LogP contribution is -2.15. The summed E-state index contributed by atoms with van der Waals surface area (Å²) in [6, 6.07) is 2.75. The first kappa shape index (κ1) is 14.7. The van der Waals surface area contributed by atoms with Gasteiger partial charge < -0.3 is 9.47 Å². The summed E-state index contributed by atoms with van der Waals surface area (Å²) in [7, 11) is 0. The van der Waals surface area contributed by atoms with Crippen LogP contribution in [0.4, 0.5) is 8.78 Å². The minimum absolute atomic E-state index is 0.0879. The second-order valence-corrected chi connectivity index (χ2v) is 4.02. The topological polar surface area (TPSA) is 35.5 Å². The molecule has 18 heavy (non-hydrogen) atoms. The maximum Gasteiger partial charge on any atom is 0.191 e. The molecular formula is C13H16F2O3. The lowest BCUT2D eigenvalue weighted by Gasteiger charge is -2.08. The molecule has 0 aliphatic carbocycles. The molecular weight excluding hydrogens is 242 g/mol. The summed E-state index contributed by atoms with van der Waals surface area (Å²) in [4.78, 5) is 11.5. The maximum atomic E-state index is 13.2. The molecule has 0 amide bonds. The Morgan fingerprint density at radius 3 is 2.67 bits per heavy atom. The zero-order chi connectivity index (χ0) is 13.5. The monoisotopic (exact) mass is 258 g/mol. The van der Waals surface area contributed by atoms with Crippen LogP contribution in [0.25, 0.3) is 0 Å². The van der Waals surface area contributed by atoms with Crippen molar-refractivity contribution >= 4 is 5.78 Å². The van der Waals surface area contributed by atoms with Gasteiger partial charge in [-0.05, 0) is 32.0 Å². The van der Waals surface area contributed by atoms with E-state index in [0.717, 1.165) is 18.2 Å². The quantitative estimate of drug-likeness (QED) is 0.557. The van der Waals surface area contributed by atoms with E-state index >= 15 is 0 Å². The SMILES string of the molecule is CC(C)OCCOCC(=O)c1cc(F)ccc1F. The average molecular weight is 258 g/mol. The maximum absolute atomic E-state index is 13.2. The summed E-state index contributed by atoms with van der Waals surface area (Å²) >= 11 is 0. The van der Waals surface area contributed by atoms with Crippen molar-refractivity contribution in [1.29, 1.82) is 0 Å². The lowest BCUT2D eigenvalue weighted by atomic mass is 10.1. The molecule has 1 aromatic carbocycles. The van der Waals surface area contributed by atoms with E-state index in [4.69, 9.17) is 9.47 Å². The molecule has 1 aromatic rings. The normalized spacial score (nSPS) is 10.9. The van der Waals surface area contributed by atoms with Crippen LogP contribution in [-0.4, -0.2) is 31.7 Å². The Morgan fingerprint density at radius 1 is 1.28 bits per heavy atom. The predicted octanol–water partition coefficient (Wildman–Crippen LogP) is 2.59. The summed E-state index contributed by atoms with van der Waals surface area (Å²) in [6.45, 7) is 4.07. The average Bonchev–Trinajstić information content (AvgIpc) is 2.31. The van der Waals surface area contributed by atoms with Crippen LogP contribution in [0.2, 0.25) is 0 Å². The van der Waals surface area contributed by atoms with Crippen molar-refractivity contribution in [3.63, 3.8) is 0 Å². The highest BCUT2D eigenvalue weighted by molar-refractivity contribution is 5.97. The number of benzene rings is 1. The molecule has 0 aliphatic heterocycles. The fraction of sp³-hybridized carbons (Fsp3) is 0.462. The molecule has 0 radical (unpaired) electrons. The molecule has 0 N–H and O–H groups in total. The van der Waals surface area contributed by atoms with Crippen LogP contribution in [0.1, 0.15) is 24.2 Å². The summed E-state index contributed by atoms with van der Waals surface area (Å²) in [5.74, 6) is -1.98. The molecule has 100 valence electrons. The third-order valence-corrected chi connectivity index (χ3v) is 2.14. The Hall–Kier alpha value is -1.33. The van der Waals surface area contributed by atoms with Crippen LogP contribution >= 0.6 is 0 Å². The highest BCUT2D eigenvalue weighted by Crippen LogP contribution is 2.10. The zero-order valence-corrected chi connectivity index (χ0v) is 10.4. The Morgan fingerprint density at radius 2 is 2.00 bits per heavy atom. The molecule has 1 rings (SSSR count). The summed E-state index contributed by atoms with van der Waals surface area (Å²) in [6.07, 6.45) is 0.0879. The van der Waals surface area contributed by atoms with Crippen molar-refractivity contribution in [1.82, 2.24) is 0 Å². The molecule has 0 fully saturated rings. The molecule has 0 unspecified atom stereocenters. The number of Topliss-reactive ketones (excluding diaryl/α,β-unsaturated/α-hetero) is 1. The van der Waals surface area contributed by atoms with E-state index in [9.17, 15) is 13.6 Å². The van der Waals surface area contributed by atoms with E-state index in [-0.39, 0.29) is 24.9 Å². The molecule has 3 nitrogen and oxygen atoms in total. The van der Waals surface area contributed by atoms with E-state index in [2.05, 4.69) is 0 Å². The molecule has 5 heteroatoms. The number of rotatable bonds is 7. The zero-order valence-electron chi connectivity index (χ0n) is 10.4. The summed E-state index contributed by atoms with van der Waals surface area (Å²) in [5.41, 5.74) is -0.292. The van der Waals surface area contributed by atoms with E-state index in [1.54, 1.807) is 0 Å². The van der Waals surface area contributed by atoms with Crippen LogP contribution in [0.3, 0.4) is 0 Å². The van der Waals surface area contributed by atoms with Crippen LogP contribution < -0.4 is 0 Å². The number of halogens is 2. The number of carbonyl (C=O) groups excluding carboxylic acids is 1. The molecule has 0 spiro atoms. The fourth-order valence-corrected chi connectivity index (χ4v) is 1.30. The van der Waals surface area contributed by atoms with Gasteiger partial charge in [-0.2, -0.15) is 0 Å². The van der Waals surface area contributed by atoms with Gasteiger partial charge in [0, 0.05) is 0 Å².